The van der Waals surface area contributed by atoms with E-state index in [0.717, 1.165) is 23.4 Å². The minimum atomic E-state index is -0.174. The number of aromatic nitrogens is 4. The van der Waals surface area contributed by atoms with Gasteiger partial charge >= 0.3 is 5.69 Å². The molecule has 0 fully saturated rings. The van der Waals surface area contributed by atoms with Crippen molar-refractivity contribution in [2.45, 2.75) is 49.3 Å². The Hall–Kier alpha value is -1.60. The summed E-state index contributed by atoms with van der Waals surface area (Å²) in [4.78, 5) is 16.9. The molecule has 2 rings (SSSR count). The van der Waals surface area contributed by atoms with E-state index in [-0.39, 0.29) is 11.7 Å². The van der Waals surface area contributed by atoms with E-state index < -0.39 is 0 Å². The summed E-state index contributed by atoms with van der Waals surface area (Å²) in [6.45, 7) is 4.71. The second kappa shape index (κ2) is 6.71. The number of nitrogens with one attached hydrogen (secondary N) is 1. The van der Waals surface area contributed by atoms with Crippen LogP contribution in [-0.4, -0.2) is 19.7 Å². The molecule has 0 aliphatic rings. The van der Waals surface area contributed by atoms with Crippen LogP contribution in [0.4, 0.5) is 0 Å². The molecule has 0 saturated heterocycles. The molecule has 0 amide bonds. The van der Waals surface area contributed by atoms with Gasteiger partial charge in [0.05, 0.1) is 5.69 Å². The summed E-state index contributed by atoms with van der Waals surface area (Å²) < 4.78 is 1.64. The molecule has 6 nitrogen and oxygen atoms in total. The van der Waals surface area contributed by atoms with Crippen LogP contribution in [-0.2, 0) is 6.54 Å². The molecule has 0 aromatic carbocycles. The van der Waals surface area contributed by atoms with Crippen molar-refractivity contribution < 1.29 is 0 Å². The topological polar surface area (TPSA) is 89.6 Å². The van der Waals surface area contributed by atoms with Crippen molar-refractivity contribution in [2.24, 2.45) is 5.73 Å². The molecule has 3 N–H and O–H groups in total. The van der Waals surface area contributed by atoms with E-state index in [2.05, 4.69) is 15.2 Å². The minimum absolute atomic E-state index is 0.0299. The second-order valence-electron chi connectivity index (χ2n) is 4.50. The van der Waals surface area contributed by atoms with Gasteiger partial charge in [-0.05, 0) is 36.7 Å². The molecule has 2 aromatic heterocycles. The number of H-pyrrole nitrogens is 1. The molecule has 108 valence electrons. The van der Waals surface area contributed by atoms with E-state index in [1.807, 2.05) is 26.0 Å². The molecule has 0 bridgehead atoms. The number of pyridine rings is 1. The highest BCUT2D eigenvalue weighted by atomic mass is 32.2. The highest BCUT2D eigenvalue weighted by Crippen LogP contribution is 2.25. The largest absolute Gasteiger partial charge is 0.343 e. The van der Waals surface area contributed by atoms with Crippen molar-refractivity contribution in [3.8, 4) is 0 Å². The van der Waals surface area contributed by atoms with Gasteiger partial charge in [-0.25, -0.2) is 9.89 Å². The van der Waals surface area contributed by atoms with Crippen LogP contribution in [0.3, 0.4) is 0 Å². The zero-order chi connectivity index (χ0) is 14.5. The first kappa shape index (κ1) is 14.8. The maximum absolute atomic E-state index is 11.6. The van der Waals surface area contributed by atoms with E-state index in [9.17, 15) is 4.79 Å². The van der Waals surface area contributed by atoms with Crippen molar-refractivity contribution in [1.29, 1.82) is 0 Å². The number of nitrogens with two attached hydrogens (primary N) is 1. The fourth-order valence-electron chi connectivity index (χ4n) is 1.79. The third-order valence-corrected chi connectivity index (χ3v) is 3.93. The third kappa shape index (κ3) is 3.29. The summed E-state index contributed by atoms with van der Waals surface area (Å²) in [5, 5.41) is 7.18. The van der Waals surface area contributed by atoms with E-state index in [4.69, 9.17) is 5.73 Å². The van der Waals surface area contributed by atoms with Gasteiger partial charge in [0.1, 0.15) is 0 Å². The first-order chi connectivity index (χ1) is 9.65. The Bertz CT molecular complexity index is 604. The van der Waals surface area contributed by atoms with Crippen molar-refractivity contribution in [1.82, 2.24) is 19.7 Å². The Morgan fingerprint density at radius 1 is 1.45 bits per heavy atom. The lowest BCUT2D eigenvalue weighted by atomic mass is 10.1. The second-order valence-corrected chi connectivity index (χ2v) is 5.54. The summed E-state index contributed by atoms with van der Waals surface area (Å²) in [6, 6.07) is 3.85. The molecular weight excluding hydrogens is 274 g/mol. The number of hydrogen-bond acceptors (Lipinski definition) is 5. The van der Waals surface area contributed by atoms with Gasteiger partial charge in [-0.1, -0.05) is 13.8 Å². The Kier molecular flexibility index (Phi) is 4.97. The average Bonchev–Trinajstić information content (AvgIpc) is 2.81. The Labute approximate surface area is 121 Å². The number of aromatic amines is 1. The summed E-state index contributed by atoms with van der Waals surface area (Å²) in [6.07, 6.45) is 3.51. The first-order valence-corrected chi connectivity index (χ1v) is 7.52. The van der Waals surface area contributed by atoms with E-state index >= 15 is 0 Å². The predicted molar refractivity (Wildman–Crippen MR) is 78.7 cm³/mol. The van der Waals surface area contributed by atoms with Crippen LogP contribution in [0.5, 0.6) is 0 Å². The summed E-state index contributed by atoms with van der Waals surface area (Å²) in [5.41, 5.74) is 6.64. The molecule has 0 aliphatic carbocycles. The fraction of sp³-hybridized carbons (Fsp3) is 0.462. The molecule has 7 heteroatoms. The van der Waals surface area contributed by atoms with Crippen LogP contribution >= 0.6 is 11.8 Å². The van der Waals surface area contributed by atoms with Crippen molar-refractivity contribution in [2.75, 3.05) is 0 Å². The van der Waals surface area contributed by atoms with Gasteiger partial charge in [0.2, 0.25) is 0 Å². The monoisotopic (exact) mass is 293 g/mol. The normalized spacial score (nSPS) is 12.6. The quantitative estimate of drug-likeness (QED) is 0.849. The molecule has 0 aliphatic heterocycles. The SMILES string of the molecule is CCCn1c(Sc2ccc(C(N)CC)nc2)n[nH]c1=O. The molecule has 2 aromatic rings. The lowest BCUT2D eigenvalue weighted by Crippen LogP contribution is -2.17. The zero-order valence-electron chi connectivity index (χ0n) is 11.7. The van der Waals surface area contributed by atoms with E-state index in [1.165, 1.54) is 11.8 Å². The van der Waals surface area contributed by atoms with Gasteiger partial charge in [-0.3, -0.25) is 9.55 Å². The zero-order valence-corrected chi connectivity index (χ0v) is 12.5. The van der Waals surface area contributed by atoms with Crippen LogP contribution < -0.4 is 11.4 Å². The number of hydrogen-bond donors (Lipinski definition) is 2. The lowest BCUT2D eigenvalue weighted by molar-refractivity contribution is 0.604. The molecule has 0 saturated carbocycles. The molecule has 1 unspecified atom stereocenters. The standard InChI is InChI=1S/C13H19N5OS/c1-3-7-18-12(19)16-17-13(18)20-9-5-6-11(15-8-9)10(14)4-2/h5-6,8,10H,3-4,7,14H2,1-2H3,(H,16,19). The van der Waals surface area contributed by atoms with Crippen molar-refractivity contribution in [3.63, 3.8) is 0 Å². The van der Waals surface area contributed by atoms with Crippen molar-refractivity contribution >= 4 is 11.8 Å². The van der Waals surface area contributed by atoms with Gasteiger partial charge in [0.25, 0.3) is 0 Å². The summed E-state index contributed by atoms with van der Waals surface area (Å²) in [5.74, 6) is 0. The lowest BCUT2D eigenvalue weighted by Gasteiger charge is -2.08. The molecule has 20 heavy (non-hydrogen) atoms. The van der Waals surface area contributed by atoms with Crippen LogP contribution in [0.2, 0.25) is 0 Å². The predicted octanol–water partition coefficient (Wildman–Crippen LogP) is 1.94. The van der Waals surface area contributed by atoms with Gasteiger partial charge in [0, 0.05) is 23.7 Å². The maximum atomic E-state index is 11.6. The average molecular weight is 293 g/mol. The first-order valence-electron chi connectivity index (χ1n) is 6.70. The number of rotatable bonds is 6. The van der Waals surface area contributed by atoms with Crippen LogP contribution in [0.1, 0.15) is 38.4 Å². The summed E-state index contributed by atoms with van der Waals surface area (Å²) >= 11 is 1.42. The Morgan fingerprint density at radius 2 is 2.25 bits per heavy atom. The summed E-state index contributed by atoms with van der Waals surface area (Å²) in [7, 11) is 0. The van der Waals surface area contributed by atoms with Crippen LogP contribution in [0.25, 0.3) is 0 Å². The maximum Gasteiger partial charge on any atom is 0.343 e. The van der Waals surface area contributed by atoms with Gasteiger partial charge < -0.3 is 5.73 Å². The van der Waals surface area contributed by atoms with Gasteiger partial charge in [-0.2, -0.15) is 0 Å². The fourth-order valence-corrected chi connectivity index (χ4v) is 2.62. The van der Waals surface area contributed by atoms with E-state index in [1.54, 1.807) is 10.8 Å². The Balaban J connectivity index is 2.16. The van der Waals surface area contributed by atoms with Gasteiger partial charge in [0.15, 0.2) is 5.16 Å². The van der Waals surface area contributed by atoms with Crippen LogP contribution in [0.15, 0.2) is 33.2 Å². The molecular formula is C13H19N5OS. The molecule has 1 atom stereocenters. The third-order valence-electron chi connectivity index (χ3n) is 2.96. The van der Waals surface area contributed by atoms with Crippen LogP contribution in [0, 0.1) is 0 Å². The number of nitrogens with zero attached hydrogens (tertiary/aromatic N) is 3. The highest BCUT2D eigenvalue weighted by Gasteiger charge is 2.10. The van der Waals surface area contributed by atoms with Crippen molar-refractivity contribution in [3.05, 3.63) is 34.5 Å². The smallest absolute Gasteiger partial charge is 0.323 e. The molecule has 0 spiro atoms. The molecule has 0 radical (unpaired) electrons. The highest BCUT2D eigenvalue weighted by molar-refractivity contribution is 7.99. The van der Waals surface area contributed by atoms with E-state index in [0.29, 0.717) is 11.7 Å². The Morgan fingerprint density at radius 3 is 2.85 bits per heavy atom. The van der Waals surface area contributed by atoms with Gasteiger partial charge in [-0.15, -0.1) is 5.10 Å². The molecule has 2 heterocycles. The minimum Gasteiger partial charge on any atom is -0.323 e.